The quantitative estimate of drug-likeness (QED) is 0.909. The minimum Gasteiger partial charge on any atom is -0.496 e. The van der Waals surface area contributed by atoms with Gasteiger partial charge in [0.25, 0.3) is 0 Å². The Morgan fingerprint density at radius 1 is 1.25 bits per heavy atom. The molecule has 0 heterocycles. The number of methoxy groups -OCH3 is 1. The van der Waals surface area contributed by atoms with Crippen LogP contribution in [0.25, 0.3) is 0 Å². The first-order valence-electron chi connectivity index (χ1n) is 6.35. The summed E-state index contributed by atoms with van der Waals surface area (Å²) in [6, 6.07) is 10.4. The van der Waals surface area contributed by atoms with E-state index in [0.29, 0.717) is 12.0 Å². The first-order chi connectivity index (χ1) is 9.51. The van der Waals surface area contributed by atoms with Crippen LogP contribution in [0.15, 0.2) is 40.9 Å². The van der Waals surface area contributed by atoms with E-state index in [2.05, 4.69) is 15.9 Å². The van der Waals surface area contributed by atoms with Gasteiger partial charge in [0.1, 0.15) is 11.6 Å². The van der Waals surface area contributed by atoms with Gasteiger partial charge in [-0.3, -0.25) is 0 Å². The molecule has 2 aromatic carbocycles. The molecule has 0 bridgehead atoms. The molecule has 0 aliphatic heterocycles. The molecule has 0 spiro atoms. The summed E-state index contributed by atoms with van der Waals surface area (Å²) in [5, 5.41) is 0. The van der Waals surface area contributed by atoms with Crippen LogP contribution in [-0.2, 0) is 6.42 Å². The molecule has 0 aliphatic carbocycles. The second-order valence-corrected chi connectivity index (χ2v) is 5.66. The van der Waals surface area contributed by atoms with E-state index in [4.69, 9.17) is 10.5 Å². The number of rotatable bonds is 4. The largest absolute Gasteiger partial charge is 0.496 e. The lowest BCUT2D eigenvalue weighted by Gasteiger charge is -2.14. The van der Waals surface area contributed by atoms with Gasteiger partial charge in [-0.1, -0.05) is 23.8 Å². The molecule has 0 aromatic heterocycles. The Hall–Kier alpha value is -1.39. The van der Waals surface area contributed by atoms with E-state index in [-0.39, 0.29) is 11.9 Å². The van der Waals surface area contributed by atoms with Gasteiger partial charge < -0.3 is 10.5 Å². The van der Waals surface area contributed by atoms with Crippen molar-refractivity contribution in [2.45, 2.75) is 19.4 Å². The smallest absolute Gasteiger partial charge is 0.133 e. The van der Waals surface area contributed by atoms with Gasteiger partial charge in [-0.05, 0) is 53.0 Å². The highest BCUT2D eigenvalue weighted by Crippen LogP contribution is 2.28. The molecule has 0 saturated heterocycles. The van der Waals surface area contributed by atoms with Crippen molar-refractivity contribution in [3.63, 3.8) is 0 Å². The molecular formula is C16H17BrFNO. The highest BCUT2D eigenvalue weighted by molar-refractivity contribution is 9.10. The van der Waals surface area contributed by atoms with Crippen molar-refractivity contribution in [1.82, 2.24) is 0 Å². The number of hydrogen-bond acceptors (Lipinski definition) is 2. The van der Waals surface area contributed by atoms with E-state index in [0.717, 1.165) is 21.3 Å². The summed E-state index contributed by atoms with van der Waals surface area (Å²) in [4.78, 5) is 0. The van der Waals surface area contributed by atoms with E-state index < -0.39 is 0 Å². The molecule has 2 aromatic rings. The molecule has 1 unspecified atom stereocenters. The van der Waals surface area contributed by atoms with Crippen LogP contribution in [0.3, 0.4) is 0 Å². The number of nitrogens with two attached hydrogens (primary N) is 1. The normalized spacial score (nSPS) is 12.2. The molecule has 0 amide bonds. The highest BCUT2D eigenvalue weighted by Gasteiger charge is 2.13. The SMILES string of the molecule is COc1ccc(CC(N)c2cc(C)ccc2F)cc1Br. The predicted molar refractivity (Wildman–Crippen MR) is 82.5 cm³/mol. The molecule has 0 radical (unpaired) electrons. The second kappa shape index (κ2) is 6.37. The Balaban J connectivity index is 2.21. The fourth-order valence-corrected chi connectivity index (χ4v) is 2.74. The van der Waals surface area contributed by atoms with Crippen molar-refractivity contribution >= 4 is 15.9 Å². The van der Waals surface area contributed by atoms with Crippen LogP contribution in [0.4, 0.5) is 4.39 Å². The van der Waals surface area contributed by atoms with Gasteiger partial charge in [0.05, 0.1) is 11.6 Å². The molecule has 2 N–H and O–H groups in total. The van der Waals surface area contributed by atoms with Crippen LogP contribution in [0.1, 0.15) is 22.7 Å². The standard InChI is InChI=1S/C16H17BrFNO/c1-10-3-5-14(18)12(7-10)15(19)9-11-4-6-16(20-2)13(17)8-11/h3-8,15H,9,19H2,1-2H3. The number of aryl methyl sites for hydroxylation is 1. The van der Waals surface area contributed by atoms with Crippen molar-refractivity contribution in [3.05, 3.63) is 63.4 Å². The van der Waals surface area contributed by atoms with Gasteiger partial charge in [0, 0.05) is 11.6 Å². The van der Waals surface area contributed by atoms with Crippen LogP contribution in [0.2, 0.25) is 0 Å². The summed E-state index contributed by atoms with van der Waals surface area (Å²) in [5.41, 5.74) is 8.72. The average Bonchev–Trinajstić information content (AvgIpc) is 2.41. The molecule has 2 rings (SSSR count). The maximum Gasteiger partial charge on any atom is 0.133 e. The summed E-state index contributed by atoms with van der Waals surface area (Å²) < 4.78 is 19.9. The summed E-state index contributed by atoms with van der Waals surface area (Å²) in [5.74, 6) is 0.514. The van der Waals surface area contributed by atoms with E-state index in [1.165, 1.54) is 6.07 Å². The molecule has 0 aliphatic rings. The molecule has 1 atom stereocenters. The monoisotopic (exact) mass is 337 g/mol. The second-order valence-electron chi connectivity index (χ2n) is 4.80. The van der Waals surface area contributed by atoms with Gasteiger partial charge in [-0.2, -0.15) is 0 Å². The lowest BCUT2D eigenvalue weighted by atomic mass is 9.98. The predicted octanol–water partition coefficient (Wildman–Crippen LogP) is 4.15. The topological polar surface area (TPSA) is 35.2 Å². The minimum atomic E-state index is -0.366. The van der Waals surface area contributed by atoms with Crippen LogP contribution >= 0.6 is 15.9 Å². The molecule has 4 heteroatoms. The van der Waals surface area contributed by atoms with Crippen LogP contribution in [0.5, 0.6) is 5.75 Å². The fraction of sp³-hybridized carbons (Fsp3) is 0.250. The van der Waals surface area contributed by atoms with E-state index in [1.807, 2.05) is 25.1 Å². The third kappa shape index (κ3) is 3.38. The number of hydrogen-bond donors (Lipinski definition) is 1. The molecule has 20 heavy (non-hydrogen) atoms. The Kier molecular flexibility index (Phi) is 4.78. The average molecular weight is 338 g/mol. The summed E-state index contributed by atoms with van der Waals surface area (Å²) in [6.45, 7) is 1.93. The number of halogens is 2. The van der Waals surface area contributed by atoms with E-state index in [1.54, 1.807) is 19.2 Å². The van der Waals surface area contributed by atoms with Crippen molar-refractivity contribution in [2.24, 2.45) is 5.73 Å². The fourth-order valence-electron chi connectivity index (χ4n) is 2.15. The highest BCUT2D eigenvalue weighted by atomic mass is 79.9. The van der Waals surface area contributed by atoms with Crippen LogP contribution < -0.4 is 10.5 Å². The number of benzene rings is 2. The molecule has 0 fully saturated rings. The maximum absolute atomic E-state index is 13.8. The number of ether oxygens (including phenoxy) is 1. The lowest BCUT2D eigenvalue weighted by molar-refractivity contribution is 0.412. The molecule has 106 valence electrons. The van der Waals surface area contributed by atoms with Crippen LogP contribution in [0, 0.1) is 12.7 Å². The van der Waals surface area contributed by atoms with Gasteiger partial charge in [-0.15, -0.1) is 0 Å². The van der Waals surface area contributed by atoms with Crippen molar-refractivity contribution in [1.29, 1.82) is 0 Å². The Labute approximate surface area is 126 Å². The van der Waals surface area contributed by atoms with Gasteiger partial charge in [-0.25, -0.2) is 4.39 Å². The minimum absolute atomic E-state index is 0.254. The summed E-state index contributed by atoms with van der Waals surface area (Å²) in [7, 11) is 1.62. The lowest BCUT2D eigenvalue weighted by Crippen LogP contribution is -2.15. The first kappa shape index (κ1) is 15.0. The summed E-state index contributed by atoms with van der Waals surface area (Å²) >= 11 is 3.44. The van der Waals surface area contributed by atoms with Crippen LogP contribution in [-0.4, -0.2) is 7.11 Å². The summed E-state index contributed by atoms with van der Waals surface area (Å²) in [6.07, 6.45) is 0.572. The van der Waals surface area contributed by atoms with Crippen molar-refractivity contribution < 1.29 is 9.13 Å². The van der Waals surface area contributed by atoms with Gasteiger partial charge >= 0.3 is 0 Å². The Bertz CT molecular complexity index is 615. The maximum atomic E-state index is 13.8. The van der Waals surface area contributed by atoms with Gasteiger partial charge in [0.15, 0.2) is 0 Å². The molecular weight excluding hydrogens is 321 g/mol. The zero-order valence-electron chi connectivity index (χ0n) is 11.5. The van der Waals surface area contributed by atoms with E-state index >= 15 is 0 Å². The first-order valence-corrected chi connectivity index (χ1v) is 7.14. The Morgan fingerprint density at radius 2 is 2.00 bits per heavy atom. The van der Waals surface area contributed by atoms with Gasteiger partial charge in [0.2, 0.25) is 0 Å². The van der Waals surface area contributed by atoms with Crippen molar-refractivity contribution in [3.8, 4) is 5.75 Å². The Morgan fingerprint density at radius 3 is 2.65 bits per heavy atom. The third-order valence-corrected chi connectivity index (χ3v) is 3.84. The van der Waals surface area contributed by atoms with Crippen molar-refractivity contribution in [2.75, 3.05) is 7.11 Å². The molecule has 0 saturated carbocycles. The van der Waals surface area contributed by atoms with E-state index in [9.17, 15) is 4.39 Å². The third-order valence-electron chi connectivity index (χ3n) is 3.22. The zero-order valence-corrected chi connectivity index (χ0v) is 13.1. The molecule has 2 nitrogen and oxygen atoms in total. The zero-order chi connectivity index (χ0) is 14.7.